The molecule has 0 aliphatic rings. The maximum Gasteiger partial charge on any atom is 0.228 e. The maximum absolute atomic E-state index is 12.2. The van der Waals surface area contributed by atoms with Crippen molar-refractivity contribution in [2.24, 2.45) is 0 Å². The zero-order chi connectivity index (χ0) is 22.0. The van der Waals surface area contributed by atoms with E-state index in [-0.39, 0.29) is 11.0 Å². The number of carbonyl (C=O) groups excluding carboxylic acids is 1. The molecule has 0 fully saturated rings. The lowest BCUT2D eigenvalue weighted by atomic mass is 10.1. The Morgan fingerprint density at radius 1 is 1.14 bits per heavy atom. The fourth-order valence-corrected chi connectivity index (χ4v) is 4.28. The average molecular weight is 613 g/mol. The Morgan fingerprint density at radius 2 is 1.72 bits per heavy atom. The van der Waals surface area contributed by atoms with E-state index in [1.165, 1.54) is 0 Å². The Morgan fingerprint density at radius 3 is 2.24 bits per heavy atom. The number of carbonyl (C=O) groups is 1. The van der Waals surface area contributed by atoms with E-state index in [0.29, 0.717) is 17.9 Å². The van der Waals surface area contributed by atoms with Crippen molar-refractivity contribution in [3.8, 4) is 5.75 Å². The van der Waals surface area contributed by atoms with Crippen LogP contribution in [0, 0.1) is 0 Å². The molecule has 0 saturated heterocycles. The molecule has 164 valence electrons. The molecule has 0 bridgehead atoms. The molecule has 0 saturated carbocycles. The van der Waals surface area contributed by atoms with Crippen LogP contribution < -0.4 is 20.7 Å². The second kappa shape index (κ2) is 13.4. The second-order valence-corrected chi connectivity index (χ2v) is 10.8. The SMILES string of the molecule is CCCCCCCC(=O)NC(NC(=S)Nc1c(Br)cc(OC)cc1Br)C(Cl)(Cl)Cl. The Kier molecular flexibility index (Phi) is 12.5. The third-order valence-electron chi connectivity index (χ3n) is 3.91. The first-order valence-corrected chi connectivity index (χ1v) is 12.2. The average Bonchev–Trinajstić information content (AvgIpc) is 2.63. The van der Waals surface area contributed by atoms with E-state index in [4.69, 9.17) is 51.8 Å². The number of alkyl halides is 3. The van der Waals surface area contributed by atoms with Gasteiger partial charge in [0.05, 0.1) is 12.8 Å². The minimum absolute atomic E-state index is 0.177. The monoisotopic (exact) mass is 609 g/mol. The van der Waals surface area contributed by atoms with Gasteiger partial charge in [0.2, 0.25) is 9.70 Å². The van der Waals surface area contributed by atoms with Crippen molar-refractivity contribution in [2.45, 2.75) is 55.4 Å². The highest BCUT2D eigenvalue weighted by atomic mass is 79.9. The van der Waals surface area contributed by atoms with Crippen LogP contribution >= 0.6 is 78.9 Å². The number of hydrogen-bond acceptors (Lipinski definition) is 3. The van der Waals surface area contributed by atoms with Gasteiger partial charge >= 0.3 is 0 Å². The maximum atomic E-state index is 12.2. The summed E-state index contributed by atoms with van der Waals surface area (Å²) in [7, 11) is 1.57. The van der Waals surface area contributed by atoms with Crippen molar-refractivity contribution in [3.63, 3.8) is 0 Å². The highest BCUT2D eigenvalue weighted by Crippen LogP contribution is 2.35. The molecule has 1 atom stereocenters. The van der Waals surface area contributed by atoms with Gasteiger partial charge in [-0.15, -0.1) is 0 Å². The van der Waals surface area contributed by atoms with Crippen LogP contribution in [0.3, 0.4) is 0 Å². The normalized spacial score (nSPS) is 12.2. The minimum Gasteiger partial charge on any atom is -0.497 e. The largest absolute Gasteiger partial charge is 0.497 e. The number of thiocarbonyl (C=S) groups is 1. The van der Waals surface area contributed by atoms with Crippen molar-refractivity contribution in [3.05, 3.63) is 21.1 Å². The van der Waals surface area contributed by atoms with E-state index in [0.717, 1.165) is 41.0 Å². The lowest BCUT2D eigenvalue weighted by Crippen LogP contribution is -2.56. The van der Waals surface area contributed by atoms with Gasteiger partial charge in [0.15, 0.2) is 5.11 Å². The second-order valence-electron chi connectivity index (χ2n) is 6.27. The lowest BCUT2D eigenvalue weighted by Gasteiger charge is -2.28. The summed E-state index contributed by atoms with van der Waals surface area (Å²) in [6, 6.07) is 3.56. The zero-order valence-corrected chi connectivity index (χ0v) is 22.3. The van der Waals surface area contributed by atoms with E-state index >= 15 is 0 Å². The third-order valence-corrected chi connectivity index (χ3v) is 6.03. The lowest BCUT2D eigenvalue weighted by molar-refractivity contribution is -0.122. The molecular formula is C18H24Br2Cl3N3O2S. The smallest absolute Gasteiger partial charge is 0.228 e. The van der Waals surface area contributed by atoms with Gasteiger partial charge in [-0.2, -0.15) is 0 Å². The van der Waals surface area contributed by atoms with E-state index in [1.54, 1.807) is 19.2 Å². The predicted octanol–water partition coefficient (Wildman–Crippen LogP) is 6.68. The molecule has 0 aliphatic heterocycles. The van der Waals surface area contributed by atoms with Crippen LogP contribution in [0.2, 0.25) is 0 Å². The van der Waals surface area contributed by atoms with Crippen LogP contribution in [0.1, 0.15) is 45.4 Å². The van der Waals surface area contributed by atoms with Crippen molar-refractivity contribution < 1.29 is 9.53 Å². The van der Waals surface area contributed by atoms with Gasteiger partial charge in [0.1, 0.15) is 11.9 Å². The summed E-state index contributed by atoms with van der Waals surface area (Å²) in [5.74, 6) is 0.457. The van der Waals surface area contributed by atoms with Crippen LogP contribution in [0.15, 0.2) is 21.1 Å². The Hall–Kier alpha value is 0.0100. The summed E-state index contributed by atoms with van der Waals surface area (Å²) in [6.07, 6.45) is 4.56. The molecule has 0 radical (unpaired) electrons. The molecule has 0 spiro atoms. The number of benzene rings is 1. The molecular weight excluding hydrogens is 588 g/mol. The molecule has 1 aromatic rings. The fourth-order valence-electron chi connectivity index (χ4n) is 2.39. The molecule has 1 rings (SSSR count). The molecule has 0 heterocycles. The Balaban J connectivity index is 2.69. The third kappa shape index (κ3) is 10.2. The first kappa shape index (κ1) is 27.0. The minimum atomic E-state index is -1.79. The summed E-state index contributed by atoms with van der Waals surface area (Å²) >= 11 is 30.3. The van der Waals surface area contributed by atoms with Gasteiger partial charge in [0, 0.05) is 15.4 Å². The highest BCUT2D eigenvalue weighted by Gasteiger charge is 2.34. The summed E-state index contributed by atoms with van der Waals surface area (Å²) in [5.41, 5.74) is 0.661. The Bertz CT molecular complexity index is 682. The first-order chi connectivity index (χ1) is 13.6. The number of anilines is 1. The van der Waals surface area contributed by atoms with Gasteiger partial charge in [-0.05, 0) is 62.6 Å². The quantitative estimate of drug-likeness (QED) is 0.119. The van der Waals surface area contributed by atoms with E-state index < -0.39 is 9.96 Å². The molecule has 29 heavy (non-hydrogen) atoms. The molecule has 11 heteroatoms. The van der Waals surface area contributed by atoms with Gasteiger partial charge in [0.25, 0.3) is 0 Å². The standard InChI is InChI=1S/C18H24Br2Cl3N3O2S/c1-3-4-5-6-7-8-14(27)24-16(18(21,22)23)26-17(29)25-15-12(19)9-11(28-2)10-13(15)20/h9-10,16H,3-8H2,1-2H3,(H,24,27)(H2,25,26,29). The zero-order valence-electron chi connectivity index (χ0n) is 16.1. The first-order valence-electron chi connectivity index (χ1n) is 9.05. The molecule has 0 aliphatic carbocycles. The van der Waals surface area contributed by atoms with Crippen LogP contribution in [0.4, 0.5) is 5.69 Å². The summed E-state index contributed by atoms with van der Waals surface area (Å²) in [6.45, 7) is 2.14. The number of amides is 1. The van der Waals surface area contributed by atoms with Gasteiger partial charge in [-0.25, -0.2) is 0 Å². The molecule has 0 aromatic heterocycles. The predicted molar refractivity (Wildman–Crippen MR) is 133 cm³/mol. The van der Waals surface area contributed by atoms with Crippen LogP contribution in [-0.4, -0.2) is 28.1 Å². The van der Waals surface area contributed by atoms with E-state index in [9.17, 15) is 4.79 Å². The Labute approximate surface area is 209 Å². The molecule has 1 amide bonds. The van der Waals surface area contributed by atoms with E-state index in [2.05, 4.69) is 54.7 Å². The summed E-state index contributed by atoms with van der Waals surface area (Å²) in [4.78, 5) is 12.2. The highest BCUT2D eigenvalue weighted by molar-refractivity contribution is 9.11. The van der Waals surface area contributed by atoms with Crippen molar-refractivity contribution in [1.82, 2.24) is 10.6 Å². The molecule has 3 N–H and O–H groups in total. The van der Waals surface area contributed by atoms with Gasteiger partial charge in [-0.3, -0.25) is 4.79 Å². The topological polar surface area (TPSA) is 62.4 Å². The number of unbranched alkanes of at least 4 members (excludes halogenated alkanes) is 4. The van der Waals surface area contributed by atoms with Crippen LogP contribution in [0.25, 0.3) is 0 Å². The van der Waals surface area contributed by atoms with Crippen LogP contribution in [0.5, 0.6) is 5.75 Å². The molecule has 5 nitrogen and oxygen atoms in total. The summed E-state index contributed by atoms with van der Waals surface area (Å²) in [5, 5.41) is 8.74. The number of halogens is 5. The van der Waals surface area contributed by atoms with Crippen molar-refractivity contribution in [1.29, 1.82) is 0 Å². The van der Waals surface area contributed by atoms with Crippen LogP contribution in [-0.2, 0) is 4.79 Å². The number of rotatable bonds is 10. The number of ether oxygens (including phenoxy) is 1. The van der Waals surface area contributed by atoms with Crippen molar-refractivity contribution in [2.75, 3.05) is 12.4 Å². The fraction of sp³-hybridized carbons (Fsp3) is 0.556. The number of nitrogens with one attached hydrogen (secondary N) is 3. The van der Waals surface area contributed by atoms with Gasteiger partial charge < -0.3 is 20.7 Å². The molecule has 1 aromatic carbocycles. The van der Waals surface area contributed by atoms with E-state index in [1.807, 2.05) is 0 Å². The van der Waals surface area contributed by atoms with Gasteiger partial charge in [-0.1, -0.05) is 67.4 Å². The molecule has 1 unspecified atom stereocenters. The number of hydrogen-bond donors (Lipinski definition) is 3. The summed E-state index contributed by atoms with van der Waals surface area (Å²) < 4.78 is 4.85. The van der Waals surface area contributed by atoms with Crippen molar-refractivity contribution >= 4 is 95.6 Å². The number of methoxy groups -OCH3 is 1.